The molecule has 3 N–H and O–H groups in total. The third-order valence-corrected chi connectivity index (χ3v) is 4.10. The highest BCUT2D eigenvalue weighted by atomic mass is 79.9. The van der Waals surface area contributed by atoms with Gasteiger partial charge in [-0.3, -0.25) is 9.80 Å². The van der Waals surface area contributed by atoms with E-state index in [0.29, 0.717) is 6.54 Å². The molecule has 0 aliphatic carbocycles. The Labute approximate surface area is 121 Å². The third kappa shape index (κ3) is 4.19. The number of hydrogen-bond donors (Lipinski definition) is 2. The summed E-state index contributed by atoms with van der Waals surface area (Å²) in [6.45, 7) is 5.39. The molecule has 1 fully saturated rings. The monoisotopic (exact) mass is 326 g/mol. The van der Waals surface area contributed by atoms with Crippen LogP contribution in [0.2, 0.25) is 0 Å². The van der Waals surface area contributed by atoms with E-state index in [1.165, 1.54) is 5.56 Å². The quantitative estimate of drug-likeness (QED) is 0.379. The number of oxime groups is 1. The van der Waals surface area contributed by atoms with E-state index in [1.807, 2.05) is 6.07 Å². The summed E-state index contributed by atoms with van der Waals surface area (Å²) in [5, 5.41) is 11.6. The first-order chi connectivity index (χ1) is 9.19. The van der Waals surface area contributed by atoms with Crippen LogP contribution in [0.25, 0.3) is 0 Å². The van der Waals surface area contributed by atoms with Crippen LogP contribution in [-0.2, 0) is 6.54 Å². The van der Waals surface area contributed by atoms with Gasteiger partial charge in [0.05, 0.1) is 6.54 Å². The number of nitrogens with zero attached hydrogens (tertiary/aromatic N) is 3. The van der Waals surface area contributed by atoms with E-state index >= 15 is 0 Å². The lowest BCUT2D eigenvalue weighted by Gasteiger charge is -2.34. The standard InChI is InChI=1S/C13H19BrN4O/c14-12-4-2-1-3-11(12)9-17-5-7-18(8-6-17)10-13(15)16-19/h1-4,19H,5-10H2,(H2,15,16). The summed E-state index contributed by atoms with van der Waals surface area (Å²) in [4.78, 5) is 4.62. The van der Waals surface area contributed by atoms with Crippen LogP contribution in [-0.4, -0.2) is 53.6 Å². The Balaban J connectivity index is 1.82. The lowest BCUT2D eigenvalue weighted by molar-refractivity contribution is 0.138. The number of benzene rings is 1. The Morgan fingerprint density at radius 2 is 1.84 bits per heavy atom. The second kappa shape index (κ2) is 6.88. The Morgan fingerprint density at radius 3 is 2.47 bits per heavy atom. The highest BCUT2D eigenvalue weighted by molar-refractivity contribution is 9.10. The molecule has 1 aliphatic heterocycles. The molecule has 1 aromatic rings. The molecular weight excluding hydrogens is 308 g/mol. The molecule has 0 unspecified atom stereocenters. The summed E-state index contributed by atoms with van der Waals surface area (Å²) in [6.07, 6.45) is 0. The summed E-state index contributed by atoms with van der Waals surface area (Å²) >= 11 is 3.58. The second-order valence-electron chi connectivity index (χ2n) is 4.74. The van der Waals surface area contributed by atoms with Crippen molar-refractivity contribution in [2.75, 3.05) is 32.7 Å². The molecule has 1 heterocycles. The first-order valence-corrected chi connectivity index (χ1v) is 7.13. The van der Waals surface area contributed by atoms with Gasteiger partial charge in [-0.2, -0.15) is 0 Å². The molecule has 104 valence electrons. The second-order valence-corrected chi connectivity index (χ2v) is 5.59. The Bertz CT molecular complexity index is 444. The van der Waals surface area contributed by atoms with Gasteiger partial charge in [0.25, 0.3) is 0 Å². The molecule has 6 heteroatoms. The van der Waals surface area contributed by atoms with Gasteiger partial charge < -0.3 is 10.9 Å². The number of piperazine rings is 1. The van der Waals surface area contributed by atoms with Crippen molar-refractivity contribution in [2.45, 2.75) is 6.54 Å². The fourth-order valence-electron chi connectivity index (χ4n) is 2.23. The lowest BCUT2D eigenvalue weighted by Crippen LogP contribution is -2.48. The van der Waals surface area contributed by atoms with Gasteiger partial charge in [0.1, 0.15) is 0 Å². The van der Waals surface area contributed by atoms with Crippen LogP contribution >= 0.6 is 15.9 Å². The number of hydrogen-bond acceptors (Lipinski definition) is 4. The van der Waals surface area contributed by atoms with Crippen molar-refractivity contribution in [3.05, 3.63) is 34.3 Å². The largest absolute Gasteiger partial charge is 0.409 e. The van der Waals surface area contributed by atoms with E-state index < -0.39 is 0 Å². The van der Waals surface area contributed by atoms with Gasteiger partial charge in [-0.05, 0) is 11.6 Å². The highest BCUT2D eigenvalue weighted by Crippen LogP contribution is 2.18. The van der Waals surface area contributed by atoms with Gasteiger partial charge in [-0.25, -0.2) is 0 Å². The molecule has 0 saturated carbocycles. The fourth-order valence-corrected chi connectivity index (χ4v) is 2.64. The van der Waals surface area contributed by atoms with Crippen LogP contribution in [0.5, 0.6) is 0 Å². The topological polar surface area (TPSA) is 65.1 Å². The molecule has 1 aromatic carbocycles. The minimum Gasteiger partial charge on any atom is -0.409 e. The molecule has 0 radical (unpaired) electrons. The molecule has 1 aliphatic rings. The number of halogens is 1. The number of amidine groups is 1. The van der Waals surface area contributed by atoms with E-state index in [0.717, 1.165) is 37.2 Å². The molecule has 1 saturated heterocycles. The van der Waals surface area contributed by atoms with Crippen molar-refractivity contribution in [1.29, 1.82) is 0 Å². The molecule has 0 atom stereocenters. The van der Waals surface area contributed by atoms with Gasteiger partial charge in [0.15, 0.2) is 5.84 Å². The van der Waals surface area contributed by atoms with Crippen molar-refractivity contribution in [3.8, 4) is 0 Å². The summed E-state index contributed by atoms with van der Waals surface area (Å²) < 4.78 is 1.16. The Kier molecular flexibility index (Phi) is 5.18. The zero-order chi connectivity index (χ0) is 13.7. The van der Waals surface area contributed by atoms with Gasteiger partial charge in [-0.15, -0.1) is 0 Å². The third-order valence-electron chi connectivity index (χ3n) is 3.33. The van der Waals surface area contributed by atoms with Crippen LogP contribution in [0.15, 0.2) is 33.9 Å². The minimum atomic E-state index is 0.277. The van der Waals surface area contributed by atoms with Gasteiger partial charge in [0.2, 0.25) is 0 Å². The maximum atomic E-state index is 8.56. The van der Waals surface area contributed by atoms with E-state index in [9.17, 15) is 0 Å². The summed E-state index contributed by atoms with van der Waals surface area (Å²) in [5.41, 5.74) is 6.83. The molecule has 19 heavy (non-hydrogen) atoms. The number of nitrogens with two attached hydrogens (primary N) is 1. The average Bonchev–Trinajstić information content (AvgIpc) is 2.43. The zero-order valence-corrected chi connectivity index (χ0v) is 12.4. The molecular formula is C13H19BrN4O. The van der Waals surface area contributed by atoms with Crippen molar-refractivity contribution in [3.63, 3.8) is 0 Å². The smallest absolute Gasteiger partial charge is 0.153 e. The van der Waals surface area contributed by atoms with Gasteiger partial charge >= 0.3 is 0 Å². The van der Waals surface area contributed by atoms with Crippen molar-refractivity contribution < 1.29 is 5.21 Å². The maximum Gasteiger partial charge on any atom is 0.153 e. The van der Waals surface area contributed by atoms with Crippen molar-refractivity contribution in [1.82, 2.24) is 9.80 Å². The summed E-state index contributed by atoms with van der Waals surface area (Å²) in [6, 6.07) is 8.31. The fraction of sp³-hybridized carbons (Fsp3) is 0.462. The lowest BCUT2D eigenvalue weighted by atomic mass is 10.2. The van der Waals surface area contributed by atoms with E-state index in [2.05, 4.69) is 49.1 Å². The molecule has 0 spiro atoms. The molecule has 2 rings (SSSR count). The number of rotatable bonds is 4. The minimum absolute atomic E-state index is 0.277. The zero-order valence-electron chi connectivity index (χ0n) is 10.8. The van der Waals surface area contributed by atoms with Crippen molar-refractivity contribution in [2.24, 2.45) is 10.9 Å². The first kappa shape index (κ1) is 14.3. The summed E-state index contributed by atoms with van der Waals surface area (Å²) in [5.74, 6) is 0.277. The molecule has 0 bridgehead atoms. The molecule has 0 amide bonds. The predicted octanol–water partition coefficient (Wildman–Crippen LogP) is 1.31. The molecule has 5 nitrogen and oxygen atoms in total. The van der Waals surface area contributed by atoms with Crippen molar-refractivity contribution >= 4 is 21.8 Å². The van der Waals surface area contributed by atoms with E-state index in [4.69, 9.17) is 10.9 Å². The maximum absolute atomic E-state index is 8.56. The first-order valence-electron chi connectivity index (χ1n) is 6.33. The average molecular weight is 327 g/mol. The highest BCUT2D eigenvalue weighted by Gasteiger charge is 2.18. The van der Waals surface area contributed by atoms with Crippen LogP contribution in [0.3, 0.4) is 0 Å². The van der Waals surface area contributed by atoms with Gasteiger partial charge in [0, 0.05) is 37.2 Å². The SMILES string of the molecule is NC(CN1CCN(Cc2ccccc2Br)CC1)=NO. The van der Waals surface area contributed by atoms with Crippen LogP contribution in [0.1, 0.15) is 5.56 Å². The summed E-state index contributed by atoms with van der Waals surface area (Å²) in [7, 11) is 0. The van der Waals surface area contributed by atoms with Crippen LogP contribution < -0.4 is 5.73 Å². The molecule has 0 aromatic heterocycles. The van der Waals surface area contributed by atoms with Crippen LogP contribution in [0, 0.1) is 0 Å². The van der Waals surface area contributed by atoms with Gasteiger partial charge in [-0.1, -0.05) is 39.3 Å². The van der Waals surface area contributed by atoms with E-state index in [-0.39, 0.29) is 5.84 Å². The normalized spacial score (nSPS) is 18.7. The Hall–Kier alpha value is -1.11. The van der Waals surface area contributed by atoms with Crippen LogP contribution in [0.4, 0.5) is 0 Å². The Morgan fingerprint density at radius 1 is 1.21 bits per heavy atom. The van der Waals surface area contributed by atoms with E-state index in [1.54, 1.807) is 0 Å². The predicted molar refractivity (Wildman–Crippen MR) is 79.3 cm³/mol.